The first-order valence-corrected chi connectivity index (χ1v) is 9.05. The second-order valence-corrected chi connectivity index (χ2v) is 7.97. The molecule has 0 saturated heterocycles. The van der Waals surface area contributed by atoms with Crippen LogP contribution in [-0.4, -0.2) is 29.9 Å². The lowest BCUT2D eigenvalue weighted by Gasteiger charge is -2.45. The number of benzene rings is 2. The minimum atomic E-state index is -0.976. The molecule has 4 nitrogen and oxygen atoms in total. The number of hydrogen-bond donors (Lipinski definition) is 1. The van der Waals surface area contributed by atoms with E-state index in [2.05, 4.69) is 30.7 Å². The largest absolute Gasteiger partial charge is 0.478 e. The SMILES string of the molecule is Cc1cc(C(=O)O)ccc1N=Cc1cc2c(cc1F)N(C)C(C)(C)CC2C. The summed E-state index contributed by atoms with van der Waals surface area (Å²) in [5.41, 5.74) is 4.05. The van der Waals surface area contributed by atoms with Gasteiger partial charge >= 0.3 is 5.97 Å². The maximum Gasteiger partial charge on any atom is 0.335 e. The predicted molar refractivity (Wildman–Crippen MR) is 107 cm³/mol. The molecule has 0 saturated carbocycles. The van der Waals surface area contributed by atoms with Crippen molar-refractivity contribution in [3.8, 4) is 0 Å². The Labute approximate surface area is 159 Å². The van der Waals surface area contributed by atoms with E-state index >= 15 is 0 Å². The van der Waals surface area contributed by atoms with E-state index in [-0.39, 0.29) is 16.9 Å². The summed E-state index contributed by atoms with van der Waals surface area (Å²) in [5, 5.41) is 9.05. The highest BCUT2D eigenvalue weighted by molar-refractivity contribution is 5.89. The van der Waals surface area contributed by atoms with Crippen LogP contribution in [0.5, 0.6) is 0 Å². The highest BCUT2D eigenvalue weighted by Crippen LogP contribution is 2.43. The van der Waals surface area contributed by atoms with Crippen LogP contribution in [0.4, 0.5) is 15.8 Å². The number of nitrogens with zero attached hydrogens (tertiary/aromatic N) is 2. The number of rotatable bonds is 3. The molecule has 5 heteroatoms. The van der Waals surface area contributed by atoms with E-state index in [1.54, 1.807) is 25.1 Å². The molecule has 27 heavy (non-hydrogen) atoms. The fraction of sp³-hybridized carbons (Fsp3) is 0.364. The van der Waals surface area contributed by atoms with Crippen molar-refractivity contribution in [1.29, 1.82) is 0 Å². The zero-order valence-electron chi connectivity index (χ0n) is 16.4. The topological polar surface area (TPSA) is 52.9 Å². The zero-order chi connectivity index (χ0) is 19.9. The molecule has 1 aliphatic heterocycles. The van der Waals surface area contributed by atoms with E-state index in [0.717, 1.165) is 23.2 Å². The number of carboxylic acid groups (broad SMARTS) is 1. The molecule has 1 aliphatic rings. The molecule has 0 aliphatic carbocycles. The van der Waals surface area contributed by atoms with E-state index in [0.29, 0.717) is 17.2 Å². The van der Waals surface area contributed by atoms with Crippen molar-refractivity contribution in [3.05, 3.63) is 58.4 Å². The Kier molecular flexibility index (Phi) is 4.81. The Morgan fingerprint density at radius 1 is 1.33 bits per heavy atom. The molecule has 0 bridgehead atoms. The summed E-state index contributed by atoms with van der Waals surface area (Å²) in [4.78, 5) is 17.6. The molecule has 0 fully saturated rings. The monoisotopic (exact) mass is 368 g/mol. The van der Waals surface area contributed by atoms with Gasteiger partial charge < -0.3 is 10.0 Å². The highest BCUT2D eigenvalue weighted by atomic mass is 19.1. The number of aliphatic imine (C=N–C) groups is 1. The van der Waals surface area contributed by atoms with Crippen molar-refractivity contribution in [1.82, 2.24) is 0 Å². The van der Waals surface area contributed by atoms with E-state index in [9.17, 15) is 9.18 Å². The maximum absolute atomic E-state index is 14.7. The van der Waals surface area contributed by atoms with E-state index in [1.165, 1.54) is 12.3 Å². The van der Waals surface area contributed by atoms with Gasteiger partial charge in [0.1, 0.15) is 5.82 Å². The summed E-state index contributed by atoms with van der Waals surface area (Å²) in [6.07, 6.45) is 2.51. The van der Waals surface area contributed by atoms with Crippen molar-refractivity contribution < 1.29 is 14.3 Å². The summed E-state index contributed by atoms with van der Waals surface area (Å²) in [5.74, 6) is -0.958. The van der Waals surface area contributed by atoms with Crippen molar-refractivity contribution in [2.45, 2.75) is 45.6 Å². The van der Waals surface area contributed by atoms with Crippen LogP contribution in [-0.2, 0) is 0 Å². The van der Waals surface area contributed by atoms with Crippen LogP contribution in [0, 0.1) is 12.7 Å². The molecule has 3 rings (SSSR count). The van der Waals surface area contributed by atoms with E-state index < -0.39 is 5.97 Å². The standard InChI is InChI=1S/C22H25FN2O2/c1-13-8-15(21(26)27)6-7-19(13)24-12-16-9-17-14(2)11-22(3,4)25(5)20(17)10-18(16)23/h6-10,12,14H,11H2,1-5H3,(H,26,27). The van der Waals surface area contributed by atoms with Gasteiger partial charge in [0.25, 0.3) is 0 Å². The third-order valence-corrected chi connectivity index (χ3v) is 5.54. The van der Waals surface area contributed by atoms with Crippen LogP contribution in [0.3, 0.4) is 0 Å². The van der Waals surface area contributed by atoms with Gasteiger partial charge in [-0.2, -0.15) is 0 Å². The Morgan fingerprint density at radius 2 is 2.04 bits per heavy atom. The summed E-state index contributed by atoms with van der Waals surface area (Å²) in [6, 6.07) is 8.19. The third kappa shape index (κ3) is 3.59. The fourth-order valence-corrected chi connectivity index (χ4v) is 3.78. The molecule has 2 aromatic rings. The van der Waals surface area contributed by atoms with Gasteiger partial charge in [-0.3, -0.25) is 4.99 Å². The molecular weight excluding hydrogens is 343 g/mol. The molecule has 1 heterocycles. The lowest BCUT2D eigenvalue weighted by molar-refractivity contribution is 0.0697. The minimum absolute atomic E-state index is 0.0164. The van der Waals surface area contributed by atoms with Crippen molar-refractivity contribution >= 4 is 23.6 Å². The number of hydrogen-bond acceptors (Lipinski definition) is 3. The average molecular weight is 368 g/mol. The maximum atomic E-state index is 14.7. The molecular formula is C22H25FN2O2. The molecule has 0 amide bonds. The normalized spacial score (nSPS) is 18.6. The Morgan fingerprint density at radius 3 is 2.67 bits per heavy atom. The number of halogens is 1. The predicted octanol–water partition coefficient (Wildman–Crippen LogP) is 5.30. The molecule has 0 spiro atoms. The number of aromatic carboxylic acids is 1. The van der Waals surface area contributed by atoms with Crippen LogP contribution in [0.2, 0.25) is 0 Å². The second-order valence-electron chi connectivity index (χ2n) is 7.97. The fourth-order valence-electron chi connectivity index (χ4n) is 3.78. The lowest BCUT2D eigenvalue weighted by Crippen LogP contribution is -2.45. The van der Waals surface area contributed by atoms with Crippen LogP contribution >= 0.6 is 0 Å². The van der Waals surface area contributed by atoms with Crippen molar-refractivity contribution in [2.75, 3.05) is 11.9 Å². The quantitative estimate of drug-likeness (QED) is 0.748. The molecule has 0 aromatic heterocycles. The average Bonchev–Trinajstić information content (AvgIpc) is 2.58. The summed E-state index contributed by atoms with van der Waals surface area (Å²) in [7, 11) is 2.01. The first-order chi connectivity index (χ1) is 12.6. The van der Waals surface area contributed by atoms with Gasteiger partial charge in [-0.05, 0) is 74.6 Å². The second kappa shape index (κ2) is 6.80. The third-order valence-electron chi connectivity index (χ3n) is 5.54. The van der Waals surface area contributed by atoms with Crippen LogP contribution in [0.25, 0.3) is 0 Å². The molecule has 142 valence electrons. The van der Waals surface area contributed by atoms with Crippen molar-refractivity contribution in [2.24, 2.45) is 4.99 Å². The number of carbonyl (C=O) groups is 1. The molecule has 1 N–H and O–H groups in total. The van der Waals surface area contributed by atoms with E-state index in [4.69, 9.17) is 5.11 Å². The van der Waals surface area contributed by atoms with Gasteiger partial charge in [-0.25, -0.2) is 9.18 Å². The number of fused-ring (bicyclic) bond motifs is 1. The number of carboxylic acids is 1. The van der Waals surface area contributed by atoms with Gasteiger partial charge in [0.05, 0.1) is 11.3 Å². The Bertz CT molecular complexity index is 934. The smallest absolute Gasteiger partial charge is 0.335 e. The summed E-state index contributed by atoms with van der Waals surface area (Å²) >= 11 is 0. The Balaban J connectivity index is 1.96. The van der Waals surface area contributed by atoms with Gasteiger partial charge in [0.2, 0.25) is 0 Å². The molecule has 0 radical (unpaired) electrons. The highest BCUT2D eigenvalue weighted by Gasteiger charge is 2.34. The number of aryl methyl sites for hydroxylation is 1. The van der Waals surface area contributed by atoms with Gasteiger partial charge in [0, 0.05) is 30.1 Å². The summed E-state index contributed by atoms with van der Waals surface area (Å²) < 4.78 is 14.7. The van der Waals surface area contributed by atoms with Crippen LogP contribution < -0.4 is 4.90 Å². The Hall–Kier alpha value is -2.69. The van der Waals surface area contributed by atoms with Gasteiger partial charge in [0.15, 0.2) is 0 Å². The lowest BCUT2D eigenvalue weighted by atomic mass is 9.80. The van der Waals surface area contributed by atoms with Crippen molar-refractivity contribution in [3.63, 3.8) is 0 Å². The first kappa shape index (κ1) is 19.1. The molecule has 1 atom stereocenters. The zero-order valence-corrected chi connectivity index (χ0v) is 16.4. The molecule has 1 unspecified atom stereocenters. The number of anilines is 1. The van der Waals surface area contributed by atoms with Crippen LogP contribution in [0.1, 0.15) is 60.2 Å². The summed E-state index contributed by atoms with van der Waals surface area (Å²) in [6.45, 7) is 8.30. The first-order valence-electron chi connectivity index (χ1n) is 9.05. The van der Waals surface area contributed by atoms with E-state index in [1.807, 2.05) is 13.1 Å². The van der Waals surface area contributed by atoms with Gasteiger partial charge in [-0.1, -0.05) is 6.92 Å². The minimum Gasteiger partial charge on any atom is -0.478 e. The van der Waals surface area contributed by atoms with Crippen LogP contribution in [0.15, 0.2) is 35.3 Å². The molecule has 2 aromatic carbocycles. The van der Waals surface area contributed by atoms with Gasteiger partial charge in [-0.15, -0.1) is 0 Å².